The summed E-state index contributed by atoms with van der Waals surface area (Å²) in [6.07, 6.45) is 2.89. The highest BCUT2D eigenvalue weighted by Gasteiger charge is 2.45. The van der Waals surface area contributed by atoms with Gasteiger partial charge in [0.05, 0.1) is 18.7 Å². The Morgan fingerprint density at radius 1 is 1.41 bits per heavy atom. The fourth-order valence-electron chi connectivity index (χ4n) is 4.90. The van der Waals surface area contributed by atoms with E-state index in [-0.39, 0.29) is 17.7 Å². The highest BCUT2D eigenvalue weighted by atomic mass is 32.3. The van der Waals surface area contributed by atoms with Crippen LogP contribution in [-0.4, -0.2) is 49.6 Å². The maximum absolute atomic E-state index is 11.9. The molecule has 1 aromatic heterocycles. The molecule has 4 aliphatic heterocycles. The van der Waals surface area contributed by atoms with Gasteiger partial charge >= 0.3 is 10.4 Å². The largest absolute Gasteiger partial charge is 0.502 e. The minimum Gasteiger partial charge on any atom is -0.497 e. The smallest absolute Gasteiger partial charge is 0.497 e. The molecule has 2 bridgehead atoms. The predicted molar refractivity (Wildman–Crippen MR) is 105 cm³/mol. The lowest BCUT2D eigenvalue weighted by atomic mass is 9.73. The van der Waals surface area contributed by atoms with Gasteiger partial charge in [0.1, 0.15) is 5.75 Å². The minimum absolute atomic E-state index is 0.0406. The molecule has 0 aliphatic carbocycles. The lowest BCUT2D eigenvalue weighted by Crippen LogP contribution is -2.54. The molecule has 29 heavy (non-hydrogen) atoms. The molecule has 154 valence electrons. The van der Waals surface area contributed by atoms with Crippen LogP contribution in [0.2, 0.25) is 0 Å². The van der Waals surface area contributed by atoms with Crippen molar-refractivity contribution in [3.05, 3.63) is 36.4 Å². The number of ether oxygens (including phenoxy) is 1. The summed E-state index contributed by atoms with van der Waals surface area (Å²) < 4.78 is 39.2. The Hall–Kier alpha value is -2.36. The van der Waals surface area contributed by atoms with E-state index in [0.717, 1.165) is 25.9 Å². The van der Waals surface area contributed by atoms with Crippen LogP contribution in [0.5, 0.6) is 17.4 Å². The normalized spacial score (nSPS) is 30.3. The third-order valence-corrected chi connectivity index (χ3v) is 7.07. The van der Waals surface area contributed by atoms with Crippen molar-refractivity contribution in [1.82, 2.24) is 9.88 Å². The summed E-state index contributed by atoms with van der Waals surface area (Å²) in [5.74, 6) is 1.25. The zero-order chi connectivity index (χ0) is 20.3. The molecule has 3 fully saturated rings. The van der Waals surface area contributed by atoms with Crippen LogP contribution in [0.1, 0.15) is 24.5 Å². The van der Waals surface area contributed by atoms with Crippen molar-refractivity contribution in [2.24, 2.45) is 11.8 Å². The Morgan fingerprint density at radius 2 is 2.24 bits per heavy atom. The summed E-state index contributed by atoms with van der Waals surface area (Å²) in [4.78, 5) is 6.52. The van der Waals surface area contributed by atoms with Crippen LogP contribution < -0.4 is 13.1 Å². The number of hydrogen-bond donors (Lipinski definition) is 1. The number of methoxy groups -OCH3 is 1. The van der Waals surface area contributed by atoms with Gasteiger partial charge in [-0.05, 0) is 49.4 Å². The van der Waals surface area contributed by atoms with Crippen LogP contribution in [0.4, 0.5) is 0 Å². The molecule has 6 rings (SSSR count). The van der Waals surface area contributed by atoms with Crippen molar-refractivity contribution in [3.8, 4) is 17.4 Å². The summed E-state index contributed by atoms with van der Waals surface area (Å²) in [6.45, 7) is 5.66. The van der Waals surface area contributed by atoms with Crippen molar-refractivity contribution < 1.29 is 26.6 Å². The van der Waals surface area contributed by atoms with Gasteiger partial charge in [-0.25, -0.2) is 4.98 Å². The summed E-state index contributed by atoms with van der Waals surface area (Å²) >= 11 is 0. The van der Waals surface area contributed by atoms with Crippen molar-refractivity contribution in [2.75, 3.05) is 20.2 Å². The van der Waals surface area contributed by atoms with Crippen molar-refractivity contribution >= 4 is 21.3 Å². The number of rotatable bonds is 4. The number of aromatic nitrogens is 1. The molecule has 2 unspecified atom stereocenters. The first kappa shape index (κ1) is 18.7. The molecule has 5 atom stereocenters. The number of nitrogens with zero attached hydrogens (tertiary/aromatic N) is 2. The molecular formula is C20H22N2O6S. The van der Waals surface area contributed by atoms with Crippen LogP contribution in [0.3, 0.4) is 0 Å². The molecular weight excluding hydrogens is 396 g/mol. The predicted octanol–water partition coefficient (Wildman–Crippen LogP) is 2.19. The number of piperidine rings is 3. The van der Waals surface area contributed by atoms with Gasteiger partial charge in [0, 0.05) is 23.5 Å². The van der Waals surface area contributed by atoms with Crippen LogP contribution in [0, 0.1) is 11.8 Å². The van der Waals surface area contributed by atoms with Gasteiger partial charge in [-0.2, -0.15) is 0 Å². The van der Waals surface area contributed by atoms with Crippen LogP contribution >= 0.6 is 0 Å². The Labute approximate surface area is 169 Å². The monoisotopic (exact) mass is 418 g/mol. The van der Waals surface area contributed by atoms with Crippen LogP contribution in [0.25, 0.3) is 10.9 Å². The summed E-state index contributed by atoms with van der Waals surface area (Å²) in [5, 5.41) is 12.0. The second-order valence-corrected chi connectivity index (χ2v) is 8.96. The Kier molecular flexibility index (Phi) is 4.23. The summed E-state index contributed by atoms with van der Waals surface area (Å²) in [5.41, 5.74) is 0.872. The number of fused-ring (bicyclic) bond motifs is 5. The molecule has 5 heterocycles. The van der Waals surface area contributed by atoms with Crippen molar-refractivity contribution in [3.63, 3.8) is 0 Å². The Balaban J connectivity index is 1.65. The van der Waals surface area contributed by atoms with E-state index in [2.05, 4.69) is 16.5 Å². The van der Waals surface area contributed by atoms with Crippen LogP contribution in [0.15, 0.2) is 30.9 Å². The zero-order valence-corrected chi connectivity index (χ0v) is 16.8. The molecule has 0 saturated carbocycles. The third-order valence-electron chi connectivity index (χ3n) is 6.34. The molecule has 2 aromatic rings. The molecule has 4 aliphatic rings. The number of aliphatic hydroxyl groups is 1. The molecule has 0 amide bonds. The SMILES string of the molecule is C=C[C@H]1CN2CCC1C[C@H]2[C@H](O)c1c2c(nc3ccc(OC)cc13)OS(=O)(=O)O2. The van der Waals surface area contributed by atoms with Gasteiger partial charge in [-0.15, -0.1) is 15.0 Å². The second-order valence-electron chi connectivity index (χ2n) is 7.81. The lowest BCUT2D eigenvalue weighted by molar-refractivity contribution is -0.0448. The van der Waals surface area contributed by atoms with Gasteiger partial charge in [-0.1, -0.05) is 6.08 Å². The van der Waals surface area contributed by atoms with Gasteiger partial charge in [0.15, 0.2) is 0 Å². The highest BCUT2D eigenvalue weighted by molar-refractivity contribution is 7.82. The van der Waals surface area contributed by atoms with E-state index in [0.29, 0.717) is 34.1 Å². The maximum atomic E-state index is 11.9. The molecule has 8 nitrogen and oxygen atoms in total. The number of pyridine rings is 1. The van der Waals surface area contributed by atoms with Crippen LogP contribution in [-0.2, 0) is 10.4 Å². The van der Waals surface area contributed by atoms with Gasteiger partial charge < -0.3 is 18.2 Å². The third kappa shape index (κ3) is 2.95. The van der Waals surface area contributed by atoms with E-state index >= 15 is 0 Å². The fourth-order valence-corrected chi connectivity index (χ4v) is 5.60. The van der Waals surface area contributed by atoms with E-state index in [4.69, 9.17) is 13.1 Å². The Bertz CT molecular complexity index is 1100. The number of benzene rings is 1. The first-order chi connectivity index (χ1) is 13.9. The average molecular weight is 418 g/mol. The molecule has 0 spiro atoms. The summed E-state index contributed by atoms with van der Waals surface area (Å²) in [6, 6.07) is 5.01. The van der Waals surface area contributed by atoms with E-state index in [9.17, 15) is 13.5 Å². The molecule has 1 N–H and O–H groups in total. The highest BCUT2D eigenvalue weighted by Crippen LogP contribution is 2.48. The zero-order valence-electron chi connectivity index (χ0n) is 15.9. The van der Waals surface area contributed by atoms with E-state index in [1.807, 2.05) is 6.08 Å². The summed E-state index contributed by atoms with van der Waals surface area (Å²) in [7, 11) is -2.70. The quantitative estimate of drug-likeness (QED) is 0.755. The van der Waals surface area contributed by atoms with Gasteiger partial charge in [-0.3, -0.25) is 4.90 Å². The first-order valence-electron chi connectivity index (χ1n) is 9.60. The molecule has 3 saturated heterocycles. The standard InChI is InChI=1S/C20H22N2O6S/c1-3-11-10-22-7-6-12(11)8-16(22)18(23)17-14-9-13(26-2)4-5-15(14)21-20-19(17)27-29(24,25)28-20/h3-5,9,11-12,16,18,23H,1,6-8,10H2,2H3/t11-,12?,16-,18-/m0/s1. The van der Waals surface area contributed by atoms with Crippen molar-refractivity contribution in [2.45, 2.75) is 25.0 Å². The topological polar surface area (TPSA) is 98.2 Å². The Morgan fingerprint density at radius 3 is 2.93 bits per heavy atom. The molecule has 9 heteroatoms. The maximum Gasteiger partial charge on any atom is 0.502 e. The first-order valence-corrected chi connectivity index (χ1v) is 10.9. The van der Waals surface area contributed by atoms with E-state index in [1.165, 1.54) is 0 Å². The lowest BCUT2D eigenvalue weighted by Gasteiger charge is -2.50. The number of aliphatic hydroxyl groups excluding tert-OH is 1. The number of hydrogen-bond acceptors (Lipinski definition) is 8. The fraction of sp³-hybridized carbons (Fsp3) is 0.450. The van der Waals surface area contributed by atoms with Gasteiger partial charge in [0.2, 0.25) is 5.75 Å². The molecule has 0 radical (unpaired) electrons. The van der Waals surface area contributed by atoms with Gasteiger partial charge in [0.25, 0.3) is 5.88 Å². The average Bonchev–Trinajstić information content (AvgIpc) is 3.04. The van der Waals surface area contributed by atoms with E-state index < -0.39 is 16.5 Å². The van der Waals surface area contributed by atoms with E-state index in [1.54, 1.807) is 25.3 Å². The minimum atomic E-state index is -4.24. The van der Waals surface area contributed by atoms with Crippen molar-refractivity contribution in [1.29, 1.82) is 0 Å². The molecule has 1 aromatic carbocycles. The second kappa shape index (κ2) is 6.58.